The van der Waals surface area contributed by atoms with Crippen LogP contribution >= 0.6 is 0 Å². The lowest BCUT2D eigenvalue weighted by molar-refractivity contribution is -0.0855. The Morgan fingerprint density at radius 1 is 1.50 bits per heavy atom. The van der Waals surface area contributed by atoms with Gasteiger partial charge in [-0.15, -0.1) is 0 Å². The van der Waals surface area contributed by atoms with Crippen molar-refractivity contribution in [2.75, 3.05) is 6.54 Å². The minimum absolute atomic E-state index is 0.240. The van der Waals surface area contributed by atoms with Crippen LogP contribution in [0.1, 0.15) is 19.3 Å². The largest absolute Gasteiger partial charge is 0.390 e. The van der Waals surface area contributed by atoms with Gasteiger partial charge in [-0.3, -0.25) is 0 Å². The number of hydrogen-bond donors (Lipinski definition) is 2. The molecule has 0 radical (unpaired) electrons. The highest BCUT2D eigenvalue weighted by Gasteiger charge is 2.45. The van der Waals surface area contributed by atoms with Crippen molar-refractivity contribution < 1.29 is 5.11 Å². The first-order valence-electron chi connectivity index (χ1n) is 3.24. The van der Waals surface area contributed by atoms with Crippen molar-refractivity contribution in [3.63, 3.8) is 0 Å². The lowest BCUT2D eigenvalue weighted by Gasteiger charge is -2.49. The summed E-state index contributed by atoms with van der Waals surface area (Å²) in [5.41, 5.74) is -0.240. The summed E-state index contributed by atoms with van der Waals surface area (Å²) >= 11 is 0. The Bertz CT molecular complexity index is 102. The summed E-state index contributed by atoms with van der Waals surface area (Å²) in [5, 5.41) is 12.7. The molecule has 2 heterocycles. The van der Waals surface area contributed by atoms with E-state index in [0.717, 1.165) is 25.8 Å². The van der Waals surface area contributed by atoms with Crippen molar-refractivity contribution in [2.45, 2.75) is 30.9 Å². The van der Waals surface area contributed by atoms with Crippen LogP contribution in [0.15, 0.2) is 0 Å². The Morgan fingerprint density at radius 2 is 2.25 bits per heavy atom. The van der Waals surface area contributed by atoms with Gasteiger partial charge in [0.1, 0.15) is 0 Å². The standard InChI is InChI=1S/C6H11NO/c8-6-1-2-7-5(3-6)4-6/h5,7-8H,1-4H2. The average molecular weight is 113 g/mol. The molecule has 2 saturated heterocycles. The zero-order valence-corrected chi connectivity index (χ0v) is 4.85. The van der Waals surface area contributed by atoms with E-state index in [4.69, 9.17) is 0 Å². The fourth-order valence-electron chi connectivity index (χ4n) is 1.71. The van der Waals surface area contributed by atoms with Gasteiger partial charge in [0.05, 0.1) is 5.60 Å². The summed E-state index contributed by atoms with van der Waals surface area (Å²) in [7, 11) is 0. The molecule has 0 atom stereocenters. The zero-order valence-electron chi connectivity index (χ0n) is 4.85. The number of rotatable bonds is 0. The predicted octanol–water partition coefficient (Wildman–Crippen LogP) is -0.127. The molecule has 2 nitrogen and oxygen atoms in total. The van der Waals surface area contributed by atoms with Crippen LogP contribution in [-0.4, -0.2) is 23.3 Å². The average Bonchev–Trinajstić information content (AvgIpc) is 1.63. The molecule has 8 heavy (non-hydrogen) atoms. The molecule has 3 aliphatic rings. The molecule has 1 saturated carbocycles. The summed E-state index contributed by atoms with van der Waals surface area (Å²) < 4.78 is 0. The topological polar surface area (TPSA) is 32.3 Å². The summed E-state index contributed by atoms with van der Waals surface area (Å²) in [5.74, 6) is 0. The molecule has 0 spiro atoms. The fraction of sp³-hybridized carbons (Fsp3) is 1.00. The Kier molecular flexibility index (Phi) is 0.746. The number of hydrogen-bond acceptors (Lipinski definition) is 2. The Labute approximate surface area is 48.9 Å². The first-order valence-corrected chi connectivity index (χ1v) is 3.24. The highest BCUT2D eigenvalue weighted by molar-refractivity contribution is 5.02. The highest BCUT2D eigenvalue weighted by atomic mass is 16.3. The molecular formula is C6H11NO. The third-order valence-corrected chi connectivity index (χ3v) is 2.28. The van der Waals surface area contributed by atoms with Gasteiger partial charge in [0, 0.05) is 6.04 Å². The Hall–Kier alpha value is -0.0800. The van der Waals surface area contributed by atoms with Crippen LogP contribution in [0.4, 0.5) is 0 Å². The van der Waals surface area contributed by atoms with E-state index in [9.17, 15) is 5.11 Å². The summed E-state index contributed by atoms with van der Waals surface area (Å²) in [6.45, 7) is 1.02. The monoisotopic (exact) mass is 113 g/mol. The fourth-order valence-corrected chi connectivity index (χ4v) is 1.71. The maximum atomic E-state index is 9.40. The molecular weight excluding hydrogens is 102 g/mol. The molecule has 0 unspecified atom stereocenters. The second kappa shape index (κ2) is 1.25. The van der Waals surface area contributed by atoms with Gasteiger partial charge in [0.25, 0.3) is 0 Å². The van der Waals surface area contributed by atoms with Crippen molar-refractivity contribution in [2.24, 2.45) is 0 Å². The smallest absolute Gasteiger partial charge is 0.0689 e. The minimum Gasteiger partial charge on any atom is -0.390 e. The molecule has 2 bridgehead atoms. The van der Waals surface area contributed by atoms with Gasteiger partial charge < -0.3 is 10.4 Å². The van der Waals surface area contributed by atoms with E-state index in [2.05, 4.69) is 5.32 Å². The zero-order chi connectivity index (χ0) is 5.61. The Balaban J connectivity index is 2.06. The van der Waals surface area contributed by atoms with Gasteiger partial charge in [-0.2, -0.15) is 0 Å². The Morgan fingerprint density at radius 3 is 2.50 bits per heavy atom. The molecule has 2 N–H and O–H groups in total. The SMILES string of the molecule is OC12CCNC(C1)C2. The van der Waals surface area contributed by atoms with Crippen molar-refractivity contribution in [1.82, 2.24) is 5.32 Å². The van der Waals surface area contributed by atoms with Crippen LogP contribution in [0, 0.1) is 0 Å². The maximum absolute atomic E-state index is 9.40. The quantitative estimate of drug-likeness (QED) is 0.459. The van der Waals surface area contributed by atoms with Crippen molar-refractivity contribution >= 4 is 0 Å². The van der Waals surface area contributed by atoms with E-state index in [-0.39, 0.29) is 5.60 Å². The molecule has 0 aromatic heterocycles. The summed E-state index contributed by atoms with van der Waals surface area (Å²) in [6.07, 6.45) is 2.95. The second-order valence-corrected chi connectivity index (χ2v) is 3.03. The minimum atomic E-state index is -0.240. The molecule has 0 aromatic carbocycles. The number of piperidine rings is 2. The van der Waals surface area contributed by atoms with Crippen LogP contribution in [-0.2, 0) is 0 Å². The van der Waals surface area contributed by atoms with Gasteiger partial charge in [0.2, 0.25) is 0 Å². The summed E-state index contributed by atoms with van der Waals surface area (Å²) in [6, 6.07) is 0.647. The number of nitrogens with one attached hydrogen (secondary N) is 1. The van der Waals surface area contributed by atoms with E-state index in [1.807, 2.05) is 0 Å². The van der Waals surface area contributed by atoms with Gasteiger partial charge in [0.15, 0.2) is 0 Å². The number of aliphatic hydroxyl groups is 1. The first kappa shape index (κ1) is 4.77. The van der Waals surface area contributed by atoms with Gasteiger partial charge in [-0.05, 0) is 25.8 Å². The lowest BCUT2D eigenvalue weighted by atomic mass is 9.71. The summed E-state index contributed by atoms with van der Waals surface area (Å²) in [4.78, 5) is 0. The molecule has 3 fully saturated rings. The van der Waals surface area contributed by atoms with Crippen LogP contribution < -0.4 is 5.32 Å². The van der Waals surface area contributed by atoms with Crippen molar-refractivity contribution in [3.05, 3.63) is 0 Å². The molecule has 1 aliphatic carbocycles. The highest BCUT2D eigenvalue weighted by Crippen LogP contribution is 2.37. The first-order chi connectivity index (χ1) is 3.79. The third kappa shape index (κ3) is 0.501. The van der Waals surface area contributed by atoms with E-state index < -0.39 is 0 Å². The van der Waals surface area contributed by atoms with Crippen LogP contribution in [0.3, 0.4) is 0 Å². The molecule has 0 amide bonds. The van der Waals surface area contributed by atoms with E-state index >= 15 is 0 Å². The van der Waals surface area contributed by atoms with Gasteiger partial charge in [-0.25, -0.2) is 0 Å². The van der Waals surface area contributed by atoms with Gasteiger partial charge in [-0.1, -0.05) is 0 Å². The molecule has 3 rings (SSSR count). The maximum Gasteiger partial charge on any atom is 0.0689 e. The molecule has 46 valence electrons. The van der Waals surface area contributed by atoms with Crippen molar-refractivity contribution in [3.8, 4) is 0 Å². The third-order valence-electron chi connectivity index (χ3n) is 2.28. The second-order valence-electron chi connectivity index (χ2n) is 3.03. The van der Waals surface area contributed by atoms with E-state index in [1.54, 1.807) is 0 Å². The van der Waals surface area contributed by atoms with E-state index in [1.165, 1.54) is 0 Å². The van der Waals surface area contributed by atoms with Crippen LogP contribution in [0.5, 0.6) is 0 Å². The van der Waals surface area contributed by atoms with Crippen LogP contribution in [0.2, 0.25) is 0 Å². The van der Waals surface area contributed by atoms with Crippen molar-refractivity contribution in [1.29, 1.82) is 0 Å². The van der Waals surface area contributed by atoms with E-state index in [0.29, 0.717) is 6.04 Å². The normalized spacial score (nSPS) is 52.9. The number of fused-ring (bicyclic) bond motifs is 2. The molecule has 0 aromatic rings. The lowest BCUT2D eigenvalue weighted by Crippen LogP contribution is -2.60. The van der Waals surface area contributed by atoms with Gasteiger partial charge >= 0.3 is 0 Å². The predicted molar refractivity (Wildman–Crippen MR) is 30.6 cm³/mol. The molecule has 2 aliphatic heterocycles. The molecule has 2 heteroatoms. The van der Waals surface area contributed by atoms with Crippen LogP contribution in [0.25, 0.3) is 0 Å².